The Hall–Kier alpha value is -2.61. The van der Waals surface area contributed by atoms with Gasteiger partial charge in [-0.1, -0.05) is 12.1 Å². The number of aromatic nitrogens is 1. The molecule has 0 saturated heterocycles. The van der Waals surface area contributed by atoms with Crippen molar-refractivity contribution in [3.8, 4) is 6.07 Å². The molecule has 2 aromatic rings. The summed E-state index contributed by atoms with van der Waals surface area (Å²) in [7, 11) is 0. The van der Waals surface area contributed by atoms with Gasteiger partial charge in [0.2, 0.25) is 0 Å². The first-order valence-electron chi connectivity index (χ1n) is 5.83. The molecule has 2 rings (SSSR count). The summed E-state index contributed by atoms with van der Waals surface area (Å²) in [5.41, 5.74) is 7.41. The maximum atomic E-state index is 13.0. The smallest absolute Gasteiger partial charge is 0.150 e. The number of hydrogen-bond acceptors (Lipinski definition) is 4. The molecule has 4 nitrogen and oxygen atoms in total. The monoisotopic (exact) mass is 256 g/mol. The molecule has 1 aromatic carbocycles. The van der Waals surface area contributed by atoms with Gasteiger partial charge in [0, 0.05) is 12.7 Å². The van der Waals surface area contributed by atoms with Crippen LogP contribution in [0.2, 0.25) is 0 Å². The second kappa shape index (κ2) is 5.83. The molecule has 96 valence electrons. The highest BCUT2D eigenvalue weighted by Gasteiger charge is 2.05. The lowest BCUT2D eigenvalue weighted by Gasteiger charge is -2.09. The topological polar surface area (TPSA) is 74.7 Å². The third-order valence-corrected chi connectivity index (χ3v) is 2.71. The summed E-state index contributed by atoms with van der Waals surface area (Å²) in [6.07, 6.45) is 2.18. The molecule has 1 heterocycles. The van der Waals surface area contributed by atoms with E-state index < -0.39 is 0 Å². The molecule has 0 aliphatic rings. The first kappa shape index (κ1) is 12.8. The lowest BCUT2D eigenvalue weighted by molar-refractivity contribution is 0.625. The molecule has 0 aliphatic carbocycles. The fraction of sp³-hybridized carbons (Fsp3) is 0.143. The lowest BCUT2D eigenvalue weighted by Crippen LogP contribution is -2.09. The summed E-state index contributed by atoms with van der Waals surface area (Å²) in [6, 6.07) is 9.99. The largest absolute Gasteiger partial charge is 0.395 e. The molecule has 5 heteroatoms. The van der Waals surface area contributed by atoms with Crippen molar-refractivity contribution in [1.82, 2.24) is 4.98 Å². The molecule has 0 radical (unpaired) electrons. The third-order valence-electron chi connectivity index (χ3n) is 2.71. The van der Waals surface area contributed by atoms with Gasteiger partial charge in [0.1, 0.15) is 11.9 Å². The number of hydrogen-bond donors (Lipinski definition) is 2. The second-order valence-electron chi connectivity index (χ2n) is 4.04. The number of nitrogens with two attached hydrogens (primary N) is 1. The SMILES string of the molecule is N#Cc1ccnc(NCCc2cccc(F)c2)c1N. The van der Waals surface area contributed by atoms with Crippen LogP contribution < -0.4 is 11.1 Å². The van der Waals surface area contributed by atoms with Crippen LogP contribution in [0.1, 0.15) is 11.1 Å². The maximum Gasteiger partial charge on any atom is 0.150 e. The highest BCUT2D eigenvalue weighted by atomic mass is 19.1. The van der Waals surface area contributed by atoms with Crippen molar-refractivity contribution in [3.63, 3.8) is 0 Å². The van der Waals surface area contributed by atoms with Gasteiger partial charge in [-0.2, -0.15) is 5.26 Å². The molecular weight excluding hydrogens is 243 g/mol. The highest BCUT2D eigenvalue weighted by molar-refractivity contribution is 5.68. The van der Waals surface area contributed by atoms with Gasteiger partial charge in [-0.25, -0.2) is 9.37 Å². The van der Waals surface area contributed by atoms with E-state index >= 15 is 0 Å². The predicted octanol–water partition coefficient (Wildman–Crippen LogP) is 2.33. The zero-order chi connectivity index (χ0) is 13.7. The quantitative estimate of drug-likeness (QED) is 0.880. The summed E-state index contributed by atoms with van der Waals surface area (Å²) in [6.45, 7) is 0.565. The van der Waals surface area contributed by atoms with Crippen LogP contribution in [0.5, 0.6) is 0 Å². The Morgan fingerprint density at radius 3 is 2.95 bits per heavy atom. The minimum Gasteiger partial charge on any atom is -0.395 e. The van der Waals surface area contributed by atoms with Gasteiger partial charge < -0.3 is 11.1 Å². The number of halogens is 1. The van der Waals surface area contributed by atoms with E-state index in [1.165, 1.54) is 18.3 Å². The van der Waals surface area contributed by atoms with Crippen LogP contribution in [-0.2, 0) is 6.42 Å². The number of nitriles is 1. The molecule has 0 atom stereocenters. The van der Waals surface area contributed by atoms with Crippen molar-refractivity contribution in [2.45, 2.75) is 6.42 Å². The van der Waals surface area contributed by atoms with E-state index in [9.17, 15) is 4.39 Å². The van der Waals surface area contributed by atoms with Crippen molar-refractivity contribution >= 4 is 11.5 Å². The summed E-state index contributed by atoms with van der Waals surface area (Å²) < 4.78 is 13.0. The first-order valence-corrected chi connectivity index (χ1v) is 5.83. The summed E-state index contributed by atoms with van der Waals surface area (Å²) in [5.74, 6) is 0.233. The standard InChI is InChI=1S/C14H13FN4/c15-12-3-1-2-10(8-12)4-6-18-14-13(17)11(9-16)5-7-19-14/h1-3,5,7-8H,4,6,17H2,(H,18,19). The Kier molecular flexibility index (Phi) is 3.94. The van der Waals surface area contributed by atoms with Crippen LogP contribution in [-0.4, -0.2) is 11.5 Å². The second-order valence-corrected chi connectivity index (χ2v) is 4.04. The van der Waals surface area contributed by atoms with Crippen LogP contribution >= 0.6 is 0 Å². The number of nitrogen functional groups attached to an aromatic ring is 1. The maximum absolute atomic E-state index is 13.0. The molecular formula is C14H13FN4. The number of anilines is 2. The molecule has 0 bridgehead atoms. The third kappa shape index (κ3) is 3.19. The van der Waals surface area contributed by atoms with Crippen LogP contribution in [0.15, 0.2) is 36.5 Å². The van der Waals surface area contributed by atoms with Gasteiger partial charge in [0.05, 0.1) is 11.3 Å². The van der Waals surface area contributed by atoms with Crippen molar-refractivity contribution < 1.29 is 4.39 Å². The molecule has 0 aliphatic heterocycles. The number of nitrogens with zero attached hydrogens (tertiary/aromatic N) is 2. The van der Waals surface area contributed by atoms with E-state index in [0.29, 0.717) is 30.0 Å². The van der Waals surface area contributed by atoms with Crippen LogP contribution in [0.3, 0.4) is 0 Å². The normalized spacial score (nSPS) is 9.89. The highest BCUT2D eigenvalue weighted by Crippen LogP contribution is 2.18. The Labute approximate surface area is 110 Å². The first-order chi connectivity index (χ1) is 9.20. The van der Waals surface area contributed by atoms with Crippen molar-refractivity contribution in [3.05, 3.63) is 53.5 Å². The average Bonchev–Trinajstić information content (AvgIpc) is 2.41. The molecule has 1 aromatic heterocycles. The van der Waals surface area contributed by atoms with Gasteiger partial charge in [-0.15, -0.1) is 0 Å². The Morgan fingerprint density at radius 1 is 1.37 bits per heavy atom. The predicted molar refractivity (Wildman–Crippen MR) is 72.0 cm³/mol. The van der Waals surface area contributed by atoms with Gasteiger partial charge in [0.25, 0.3) is 0 Å². The number of benzene rings is 1. The summed E-state index contributed by atoms with van der Waals surface area (Å²) in [4.78, 5) is 4.07. The van der Waals surface area contributed by atoms with Gasteiger partial charge in [0.15, 0.2) is 5.82 Å². The molecule has 0 saturated carbocycles. The van der Waals surface area contributed by atoms with Crippen LogP contribution in [0.25, 0.3) is 0 Å². The Bertz CT molecular complexity index is 619. The van der Waals surface area contributed by atoms with E-state index in [0.717, 1.165) is 5.56 Å². The van der Waals surface area contributed by atoms with Crippen molar-refractivity contribution in [1.29, 1.82) is 5.26 Å². The molecule has 0 amide bonds. The molecule has 19 heavy (non-hydrogen) atoms. The number of nitrogens with one attached hydrogen (secondary N) is 1. The molecule has 0 unspecified atom stereocenters. The van der Waals surface area contributed by atoms with E-state index in [1.54, 1.807) is 12.1 Å². The summed E-state index contributed by atoms with van der Waals surface area (Å²) >= 11 is 0. The van der Waals surface area contributed by atoms with Crippen molar-refractivity contribution in [2.75, 3.05) is 17.6 Å². The molecule has 0 fully saturated rings. The van der Waals surface area contributed by atoms with E-state index in [-0.39, 0.29) is 5.82 Å². The average molecular weight is 256 g/mol. The number of pyridine rings is 1. The van der Waals surface area contributed by atoms with Gasteiger partial charge in [-0.05, 0) is 30.2 Å². The van der Waals surface area contributed by atoms with E-state index in [2.05, 4.69) is 10.3 Å². The van der Waals surface area contributed by atoms with E-state index in [4.69, 9.17) is 11.0 Å². The molecule has 0 spiro atoms. The molecule has 3 N–H and O–H groups in total. The fourth-order valence-corrected chi connectivity index (χ4v) is 1.73. The zero-order valence-corrected chi connectivity index (χ0v) is 10.2. The summed E-state index contributed by atoms with van der Waals surface area (Å²) in [5, 5.41) is 11.9. The zero-order valence-electron chi connectivity index (χ0n) is 10.2. The van der Waals surface area contributed by atoms with Crippen molar-refractivity contribution in [2.24, 2.45) is 0 Å². The van der Waals surface area contributed by atoms with Crippen LogP contribution in [0.4, 0.5) is 15.9 Å². The van der Waals surface area contributed by atoms with E-state index in [1.807, 2.05) is 12.1 Å². The Morgan fingerprint density at radius 2 is 2.21 bits per heavy atom. The Balaban J connectivity index is 1.98. The lowest BCUT2D eigenvalue weighted by atomic mass is 10.1. The van der Waals surface area contributed by atoms with Gasteiger partial charge in [-0.3, -0.25) is 0 Å². The minimum absolute atomic E-state index is 0.249. The minimum atomic E-state index is -0.249. The van der Waals surface area contributed by atoms with Crippen LogP contribution in [0, 0.1) is 17.1 Å². The number of rotatable bonds is 4. The van der Waals surface area contributed by atoms with Gasteiger partial charge >= 0.3 is 0 Å². The fourth-order valence-electron chi connectivity index (χ4n) is 1.73.